The fourth-order valence-corrected chi connectivity index (χ4v) is 3.68. The van der Waals surface area contributed by atoms with Gasteiger partial charge in [0.25, 0.3) is 0 Å². The van der Waals surface area contributed by atoms with E-state index in [0.717, 1.165) is 38.8 Å². The van der Waals surface area contributed by atoms with E-state index < -0.39 is 10.0 Å². The summed E-state index contributed by atoms with van der Waals surface area (Å²) in [4.78, 5) is 0.404. The lowest BCUT2D eigenvalue weighted by molar-refractivity contribution is 0.574. The summed E-state index contributed by atoms with van der Waals surface area (Å²) in [5.74, 6) is 0. The molecular weight excluding hydrogens is 272 g/mol. The van der Waals surface area contributed by atoms with Crippen LogP contribution in [0.1, 0.15) is 37.3 Å². The van der Waals surface area contributed by atoms with Crippen molar-refractivity contribution >= 4 is 10.0 Å². The Bertz CT molecular complexity index is 541. The molecule has 0 radical (unpaired) electrons. The molecule has 5 heteroatoms. The van der Waals surface area contributed by atoms with Crippen molar-refractivity contribution < 1.29 is 8.42 Å². The minimum absolute atomic E-state index is 0.404. The zero-order valence-electron chi connectivity index (χ0n) is 12.1. The van der Waals surface area contributed by atoms with Crippen molar-refractivity contribution in [2.75, 3.05) is 19.6 Å². The number of sulfonamides is 1. The zero-order valence-corrected chi connectivity index (χ0v) is 12.9. The maximum Gasteiger partial charge on any atom is 0.240 e. The average molecular weight is 296 g/mol. The molecule has 112 valence electrons. The second-order valence-corrected chi connectivity index (χ2v) is 7.01. The standard InChI is InChI=1S/C15H24N2O2S/c1-2-16-10-5-11-17-20(18,19)15-9-8-13-6-3-4-7-14(13)12-15/h8-9,12,16-17H,2-7,10-11H2,1H3. The van der Waals surface area contributed by atoms with Crippen LogP contribution >= 0.6 is 0 Å². The number of hydrogen-bond donors (Lipinski definition) is 2. The van der Waals surface area contributed by atoms with Crippen molar-refractivity contribution in [2.24, 2.45) is 0 Å². The summed E-state index contributed by atoms with van der Waals surface area (Å²) >= 11 is 0. The van der Waals surface area contributed by atoms with Crippen LogP contribution in [0.25, 0.3) is 0 Å². The van der Waals surface area contributed by atoms with Crippen LogP contribution in [0.2, 0.25) is 0 Å². The van der Waals surface area contributed by atoms with E-state index in [1.807, 2.05) is 19.1 Å². The highest BCUT2D eigenvalue weighted by atomic mass is 32.2. The van der Waals surface area contributed by atoms with E-state index >= 15 is 0 Å². The Morgan fingerprint density at radius 2 is 1.85 bits per heavy atom. The molecule has 20 heavy (non-hydrogen) atoms. The van der Waals surface area contributed by atoms with Gasteiger partial charge in [0.05, 0.1) is 4.90 Å². The highest BCUT2D eigenvalue weighted by Gasteiger charge is 2.17. The minimum atomic E-state index is -3.36. The van der Waals surface area contributed by atoms with Crippen LogP contribution in [0.3, 0.4) is 0 Å². The van der Waals surface area contributed by atoms with E-state index in [4.69, 9.17) is 0 Å². The molecule has 1 aliphatic rings. The molecule has 0 fully saturated rings. The van der Waals surface area contributed by atoms with Crippen molar-refractivity contribution in [3.8, 4) is 0 Å². The van der Waals surface area contributed by atoms with Gasteiger partial charge < -0.3 is 5.32 Å². The van der Waals surface area contributed by atoms with Gasteiger partial charge >= 0.3 is 0 Å². The summed E-state index contributed by atoms with van der Waals surface area (Å²) < 4.78 is 27.1. The Balaban J connectivity index is 1.98. The smallest absolute Gasteiger partial charge is 0.240 e. The number of nitrogens with one attached hydrogen (secondary N) is 2. The highest BCUT2D eigenvalue weighted by Crippen LogP contribution is 2.23. The zero-order chi connectivity index (χ0) is 14.4. The fourth-order valence-electron chi connectivity index (χ4n) is 2.56. The van der Waals surface area contributed by atoms with E-state index in [-0.39, 0.29) is 0 Å². The molecule has 0 heterocycles. The third-order valence-electron chi connectivity index (χ3n) is 3.70. The monoisotopic (exact) mass is 296 g/mol. The summed E-state index contributed by atoms with van der Waals surface area (Å²) in [5.41, 5.74) is 2.51. The largest absolute Gasteiger partial charge is 0.317 e. The van der Waals surface area contributed by atoms with Crippen LogP contribution in [0, 0.1) is 0 Å². The van der Waals surface area contributed by atoms with E-state index in [9.17, 15) is 8.42 Å². The maximum absolute atomic E-state index is 12.2. The summed E-state index contributed by atoms with van der Waals surface area (Å²) in [6.07, 6.45) is 5.25. The van der Waals surface area contributed by atoms with Crippen LogP contribution in [-0.4, -0.2) is 28.1 Å². The molecule has 0 aromatic heterocycles. The molecule has 0 aliphatic heterocycles. The molecule has 0 amide bonds. The van der Waals surface area contributed by atoms with Gasteiger partial charge in [-0.3, -0.25) is 0 Å². The van der Waals surface area contributed by atoms with Gasteiger partial charge in [-0.1, -0.05) is 13.0 Å². The molecule has 0 spiro atoms. The van der Waals surface area contributed by atoms with Gasteiger partial charge in [0.15, 0.2) is 0 Å². The van der Waals surface area contributed by atoms with E-state index in [1.165, 1.54) is 17.5 Å². The first-order chi connectivity index (χ1) is 9.63. The van der Waals surface area contributed by atoms with Crippen molar-refractivity contribution in [3.05, 3.63) is 29.3 Å². The molecule has 1 aromatic carbocycles. The third kappa shape index (κ3) is 4.04. The Morgan fingerprint density at radius 1 is 1.10 bits per heavy atom. The fraction of sp³-hybridized carbons (Fsp3) is 0.600. The molecule has 2 rings (SSSR count). The Morgan fingerprint density at radius 3 is 2.60 bits per heavy atom. The molecule has 0 atom stereocenters. The lowest BCUT2D eigenvalue weighted by Gasteiger charge is -2.16. The second-order valence-electron chi connectivity index (χ2n) is 5.24. The lowest BCUT2D eigenvalue weighted by atomic mass is 9.92. The highest BCUT2D eigenvalue weighted by molar-refractivity contribution is 7.89. The average Bonchev–Trinajstić information content (AvgIpc) is 2.46. The second kappa shape index (κ2) is 7.20. The molecule has 0 bridgehead atoms. The molecular formula is C15H24N2O2S. The third-order valence-corrected chi connectivity index (χ3v) is 5.16. The van der Waals surface area contributed by atoms with E-state index in [0.29, 0.717) is 11.4 Å². The summed E-state index contributed by atoms with van der Waals surface area (Å²) in [5, 5.41) is 3.18. The van der Waals surface area contributed by atoms with Crippen LogP contribution < -0.4 is 10.0 Å². The lowest BCUT2D eigenvalue weighted by Crippen LogP contribution is -2.27. The molecule has 2 N–H and O–H groups in total. The molecule has 0 saturated heterocycles. The van der Waals surface area contributed by atoms with Crippen molar-refractivity contribution in [1.29, 1.82) is 0 Å². The quantitative estimate of drug-likeness (QED) is 0.755. The summed E-state index contributed by atoms with van der Waals surface area (Å²) in [6, 6.07) is 5.56. The SMILES string of the molecule is CCNCCCNS(=O)(=O)c1ccc2c(c1)CCCC2. The van der Waals surface area contributed by atoms with Crippen LogP contribution in [-0.2, 0) is 22.9 Å². The van der Waals surface area contributed by atoms with Crippen molar-refractivity contribution in [1.82, 2.24) is 10.0 Å². The first-order valence-corrected chi connectivity index (χ1v) is 8.94. The maximum atomic E-state index is 12.2. The number of benzene rings is 1. The molecule has 1 aromatic rings. The van der Waals surface area contributed by atoms with Gasteiger partial charge in [-0.15, -0.1) is 0 Å². The summed E-state index contributed by atoms with van der Waals surface area (Å²) in [7, 11) is -3.36. The Kier molecular flexibility index (Phi) is 5.57. The van der Waals surface area contributed by atoms with Crippen molar-refractivity contribution in [3.63, 3.8) is 0 Å². The number of aryl methyl sites for hydroxylation is 2. The predicted molar refractivity (Wildman–Crippen MR) is 81.4 cm³/mol. The molecule has 4 nitrogen and oxygen atoms in total. The van der Waals surface area contributed by atoms with E-state index in [2.05, 4.69) is 10.0 Å². The van der Waals surface area contributed by atoms with Crippen LogP contribution in [0.4, 0.5) is 0 Å². The van der Waals surface area contributed by atoms with Crippen LogP contribution in [0.15, 0.2) is 23.1 Å². The minimum Gasteiger partial charge on any atom is -0.317 e. The Hall–Kier alpha value is -0.910. The predicted octanol–water partition coefficient (Wildman–Crippen LogP) is 1.84. The number of fused-ring (bicyclic) bond motifs is 1. The van der Waals surface area contributed by atoms with Crippen LogP contribution in [0.5, 0.6) is 0 Å². The summed E-state index contributed by atoms with van der Waals surface area (Å²) in [6.45, 7) is 4.27. The molecule has 1 aliphatic carbocycles. The Labute approximate surface area is 122 Å². The first kappa shape index (κ1) is 15.5. The molecule has 0 saturated carbocycles. The van der Waals surface area contributed by atoms with Gasteiger partial charge in [-0.2, -0.15) is 0 Å². The van der Waals surface area contributed by atoms with E-state index in [1.54, 1.807) is 6.07 Å². The number of rotatable bonds is 7. The normalized spacial score (nSPS) is 15.1. The topological polar surface area (TPSA) is 58.2 Å². The number of hydrogen-bond acceptors (Lipinski definition) is 3. The van der Waals surface area contributed by atoms with Gasteiger partial charge in [0, 0.05) is 6.54 Å². The van der Waals surface area contributed by atoms with Gasteiger partial charge in [-0.05, 0) is 68.5 Å². The van der Waals surface area contributed by atoms with Gasteiger partial charge in [-0.25, -0.2) is 13.1 Å². The van der Waals surface area contributed by atoms with Gasteiger partial charge in [0.1, 0.15) is 0 Å². The first-order valence-electron chi connectivity index (χ1n) is 7.45. The molecule has 0 unspecified atom stereocenters. The van der Waals surface area contributed by atoms with Crippen molar-refractivity contribution in [2.45, 2.75) is 43.9 Å². The van der Waals surface area contributed by atoms with Gasteiger partial charge in [0.2, 0.25) is 10.0 Å².